The van der Waals surface area contributed by atoms with E-state index in [1.54, 1.807) is 18.2 Å². The highest BCUT2D eigenvalue weighted by Crippen LogP contribution is 2.33. The summed E-state index contributed by atoms with van der Waals surface area (Å²) < 4.78 is 6.37. The number of halogens is 2. The van der Waals surface area contributed by atoms with Gasteiger partial charge in [0, 0.05) is 22.2 Å². The highest BCUT2D eigenvalue weighted by atomic mass is 35.5. The molecule has 0 bridgehead atoms. The second-order valence-electron chi connectivity index (χ2n) is 5.68. The monoisotopic (exact) mass is 435 g/mol. The molecule has 0 spiro atoms. The average molecular weight is 436 g/mol. The molecule has 1 aliphatic heterocycles. The van der Waals surface area contributed by atoms with Gasteiger partial charge in [0.2, 0.25) is 0 Å². The molecule has 27 heavy (non-hydrogen) atoms. The Hall–Kier alpha value is -1.79. The van der Waals surface area contributed by atoms with Gasteiger partial charge in [-0.1, -0.05) is 71.5 Å². The first kappa shape index (κ1) is 20.0. The number of ether oxygens (including phenoxy) is 1. The summed E-state index contributed by atoms with van der Waals surface area (Å²) in [5, 5.41) is 1.14. The maximum Gasteiger partial charge on any atom is 0.266 e. The molecule has 1 saturated heterocycles. The van der Waals surface area contributed by atoms with Crippen LogP contribution in [-0.4, -0.2) is 21.7 Å². The van der Waals surface area contributed by atoms with Crippen LogP contribution in [-0.2, 0) is 11.4 Å². The number of carbonyl (C=O) groups is 1. The van der Waals surface area contributed by atoms with Gasteiger partial charge in [0.15, 0.2) is 0 Å². The minimum Gasteiger partial charge on any atom is -0.489 e. The fraction of sp³-hybridized carbons (Fsp3) is 0.100. The predicted molar refractivity (Wildman–Crippen MR) is 117 cm³/mol. The van der Waals surface area contributed by atoms with Crippen LogP contribution in [0.5, 0.6) is 5.75 Å². The summed E-state index contributed by atoms with van der Waals surface area (Å²) in [6, 6.07) is 12.8. The number of amides is 1. The molecule has 3 nitrogen and oxygen atoms in total. The molecule has 2 aromatic rings. The molecule has 0 N–H and O–H groups in total. The Labute approximate surface area is 177 Å². The van der Waals surface area contributed by atoms with E-state index in [2.05, 4.69) is 6.58 Å². The van der Waals surface area contributed by atoms with Crippen LogP contribution in [0.1, 0.15) is 11.1 Å². The summed E-state index contributed by atoms with van der Waals surface area (Å²) in [6.07, 6.45) is 3.47. The SMILES string of the molecule is C=CCN1C(=O)/C(=C\c2cccc(OCc3ccc(Cl)cc3Cl)c2)SC1=S. The van der Waals surface area contributed by atoms with Gasteiger partial charge < -0.3 is 4.74 Å². The van der Waals surface area contributed by atoms with Crippen molar-refractivity contribution in [3.05, 3.63) is 81.2 Å². The van der Waals surface area contributed by atoms with Gasteiger partial charge in [0.25, 0.3) is 5.91 Å². The van der Waals surface area contributed by atoms with Crippen LogP contribution in [0.25, 0.3) is 6.08 Å². The van der Waals surface area contributed by atoms with Crippen LogP contribution in [0.15, 0.2) is 60.0 Å². The first-order valence-electron chi connectivity index (χ1n) is 8.01. The zero-order chi connectivity index (χ0) is 19.4. The van der Waals surface area contributed by atoms with Gasteiger partial charge >= 0.3 is 0 Å². The van der Waals surface area contributed by atoms with Crippen molar-refractivity contribution in [3.63, 3.8) is 0 Å². The number of thioether (sulfide) groups is 1. The van der Waals surface area contributed by atoms with Crippen molar-refractivity contribution in [1.82, 2.24) is 4.90 Å². The Bertz CT molecular complexity index is 943. The van der Waals surface area contributed by atoms with E-state index in [-0.39, 0.29) is 5.91 Å². The van der Waals surface area contributed by atoms with E-state index >= 15 is 0 Å². The maximum atomic E-state index is 12.4. The zero-order valence-electron chi connectivity index (χ0n) is 14.2. The summed E-state index contributed by atoms with van der Waals surface area (Å²) >= 11 is 18.6. The lowest BCUT2D eigenvalue weighted by Gasteiger charge is -2.10. The van der Waals surface area contributed by atoms with E-state index in [1.165, 1.54) is 16.7 Å². The van der Waals surface area contributed by atoms with Gasteiger partial charge in [-0.3, -0.25) is 9.69 Å². The Balaban J connectivity index is 1.73. The maximum absolute atomic E-state index is 12.4. The highest BCUT2D eigenvalue weighted by molar-refractivity contribution is 8.26. The molecule has 0 saturated carbocycles. The number of nitrogens with zero attached hydrogens (tertiary/aromatic N) is 1. The van der Waals surface area contributed by atoms with Gasteiger partial charge in [0.05, 0.1) is 4.91 Å². The van der Waals surface area contributed by atoms with Crippen molar-refractivity contribution >= 4 is 63.5 Å². The first-order valence-corrected chi connectivity index (χ1v) is 9.99. The molecule has 138 valence electrons. The molecule has 0 radical (unpaired) electrons. The van der Waals surface area contributed by atoms with Gasteiger partial charge in [-0.15, -0.1) is 6.58 Å². The summed E-state index contributed by atoms with van der Waals surface area (Å²) in [7, 11) is 0. The van der Waals surface area contributed by atoms with E-state index in [0.717, 1.165) is 11.1 Å². The summed E-state index contributed by atoms with van der Waals surface area (Å²) in [6.45, 7) is 4.38. The van der Waals surface area contributed by atoms with Crippen molar-refractivity contribution in [2.75, 3.05) is 6.54 Å². The Kier molecular flexibility index (Phi) is 6.60. The third-order valence-corrected chi connectivity index (χ3v) is 5.72. The van der Waals surface area contributed by atoms with Crippen molar-refractivity contribution in [2.45, 2.75) is 6.61 Å². The number of hydrogen-bond donors (Lipinski definition) is 0. The molecule has 0 aromatic heterocycles. The minimum absolute atomic E-state index is 0.107. The normalized spacial score (nSPS) is 15.5. The quantitative estimate of drug-likeness (QED) is 0.318. The van der Waals surface area contributed by atoms with Crippen LogP contribution in [0, 0.1) is 0 Å². The molecule has 0 atom stereocenters. The molecule has 3 rings (SSSR count). The van der Waals surface area contributed by atoms with Gasteiger partial charge in [0.1, 0.15) is 16.7 Å². The average Bonchev–Trinajstić information content (AvgIpc) is 2.89. The Morgan fingerprint density at radius 3 is 2.78 bits per heavy atom. The van der Waals surface area contributed by atoms with Crippen LogP contribution in [0.4, 0.5) is 0 Å². The van der Waals surface area contributed by atoms with Crippen molar-refractivity contribution in [1.29, 1.82) is 0 Å². The van der Waals surface area contributed by atoms with Crippen molar-refractivity contribution in [2.24, 2.45) is 0 Å². The van der Waals surface area contributed by atoms with Crippen LogP contribution in [0.2, 0.25) is 10.0 Å². The predicted octanol–water partition coefficient (Wildman–Crippen LogP) is 5.96. The third kappa shape index (κ3) is 4.93. The molecule has 1 aliphatic rings. The zero-order valence-corrected chi connectivity index (χ0v) is 17.3. The van der Waals surface area contributed by atoms with E-state index in [4.69, 9.17) is 40.2 Å². The smallest absolute Gasteiger partial charge is 0.266 e. The molecule has 0 unspecified atom stereocenters. The Morgan fingerprint density at radius 2 is 2.04 bits per heavy atom. The van der Waals surface area contributed by atoms with E-state index in [9.17, 15) is 4.79 Å². The lowest BCUT2D eigenvalue weighted by molar-refractivity contribution is -0.121. The molecular weight excluding hydrogens is 421 g/mol. The molecule has 2 aromatic carbocycles. The fourth-order valence-corrected chi connectivity index (χ4v) is 4.17. The topological polar surface area (TPSA) is 29.5 Å². The summed E-state index contributed by atoms with van der Waals surface area (Å²) in [5.74, 6) is 0.570. The van der Waals surface area contributed by atoms with Gasteiger partial charge in [-0.25, -0.2) is 0 Å². The van der Waals surface area contributed by atoms with E-state index in [0.29, 0.717) is 38.2 Å². The number of benzene rings is 2. The van der Waals surface area contributed by atoms with Gasteiger partial charge in [-0.2, -0.15) is 0 Å². The largest absolute Gasteiger partial charge is 0.489 e. The van der Waals surface area contributed by atoms with Crippen LogP contribution < -0.4 is 4.74 Å². The minimum atomic E-state index is -0.107. The molecule has 0 aliphatic carbocycles. The van der Waals surface area contributed by atoms with Crippen molar-refractivity contribution < 1.29 is 9.53 Å². The number of rotatable bonds is 6. The molecule has 7 heteroatoms. The number of hydrogen-bond acceptors (Lipinski definition) is 4. The summed E-state index contributed by atoms with van der Waals surface area (Å²) in [4.78, 5) is 14.5. The molecule has 1 fully saturated rings. The lowest BCUT2D eigenvalue weighted by atomic mass is 10.2. The molecule has 1 amide bonds. The number of thiocarbonyl (C=S) groups is 1. The van der Waals surface area contributed by atoms with Crippen molar-refractivity contribution in [3.8, 4) is 5.75 Å². The Morgan fingerprint density at radius 1 is 1.22 bits per heavy atom. The molecular formula is C20H15Cl2NO2S2. The number of carbonyl (C=O) groups excluding carboxylic acids is 1. The van der Waals surface area contributed by atoms with Crippen LogP contribution in [0.3, 0.4) is 0 Å². The first-order chi connectivity index (χ1) is 13.0. The molecule has 1 heterocycles. The lowest BCUT2D eigenvalue weighted by Crippen LogP contribution is -2.27. The van der Waals surface area contributed by atoms with E-state index < -0.39 is 0 Å². The van der Waals surface area contributed by atoms with Crippen LogP contribution >= 0.6 is 47.2 Å². The fourth-order valence-electron chi connectivity index (χ4n) is 2.43. The second-order valence-corrected chi connectivity index (χ2v) is 8.20. The highest BCUT2D eigenvalue weighted by Gasteiger charge is 2.30. The van der Waals surface area contributed by atoms with Gasteiger partial charge in [-0.05, 0) is 35.9 Å². The standard InChI is InChI=1S/C20H15Cl2NO2S2/c1-2-8-23-19(24)18(27-20(23)26)10-13-4-3-5-16(9-13)25-12-14-6-7-15(21)11-17(14)22/h2-7,9-11H,1,8,12H2/b18-10+. The summed E-state index contributed by atoms with van der Waals surface area (Å²) in [5.41, 5.74) is 1.70. The van der Waals surface area contributed by atoms with E-state index in [1.807, 2.05) is 36.4 Å². The third-order valence-electron chi connectivity index (χ3n) is 3.75. The second kappa shape index (κ2) is 8.93.